The smallest absolute Gasteiger partial charge is 0.319 e. The van der Waals surface area contributed by atoms with E-state index in [1.54, 1.807) is 36.7 Å². The fraction of sp³-hybridized carbons (Fsp3) is 0.103. The van der Waals surface area contributed by atoms with E-state index in [1.165, 1.54) is 54.6 Å². The van der Waals surface area contributed by atoms with E-state index in [1.807, 2.05) is 0 Å². The molecule has 0 aliphatic rings. The summed E-state index contributed by atoms with van der Waals surface area (Å²) >= 11 is 11.9. The number of carbonyl (C=O) groups excluding carboxylic acids is 2. The highest BCUT2D eigenvalue weighted by Gasteiger charge is 2.21. The number of pyridine rings is 1. The summed E-state index contributed by atoms with van der Waals surface area (Å²) in [6, 6.07) is 17.9. The molecule has 1 aromatic heterocycles. The van der Waals surface area contributed by atoms with E-state index in [-0.39, 0.29) is 38.4 Å². The second-order valence-corrected chi connectivity index (χ2v) is 11.7. The zero-order valence-corrected chi connectivity index (χ0v) is 24.6. The SMILES string of the molecule is O=C(O)CC(NC(=O)c1ccc(Cl)c(Cl)c1)c1cccc(NS(=O)(=O)c2cccc(NC(=O)NCc3ccncc3)c2)c1. The van der Waals surface area contributed by atoms with Crippen LogP contribution in [-0.4, -0.2) is 36.4 Å². The number of amides is 3. The maximum Gasteiger partial charge on any atom is 0.319 e. The Morgan fingerprint density at radius 1 is 0.860 bits per heavy atom. The van der Waals surface area contributed by atoms with Crippen LogP contribution in [0.2, 0.25) is 10.0 Å². The van der Waals surface area contributed by atoms with Crippen molar-refractivity contribution < 1.29 is 27.9 Å². The number of halogens is 2. The molecule has 0 saturated heterocycles. The van der Waals surface area contributed by atoms with Crippen molar-refractivity contribution in [3.8, 4) is 0 Å². The van der Waals surface area contributed by atoms with Crippen LogP contribution in [-0.2, 0) is 21.4 Å². The van der Waals surface area contributed by atoms with Crippen molar-refractivity contribution in [1.82, 2.24) is 15.6 Å². The fourth-order valence-corrected chi connectivity index (χ4v) is 5.33. The Labute approximate surface area is 257 Å². The number of rotatable bonds is 11. The number of carboxylic acid groups (broad SMARTS) is 1. The Morgan fingerprint density at radius 2 is 1.58 bits per heavy atom. The zero-order chi connectivity index (χ0) is 31.0. The molecule has 0 aliphatic carbocycles. The molecular weight excluding hydrogens is 617 g/mol. The highest BCUT2D eigenvalue weighted by molar-refractivity contribution is 7.92. The molecule has 5 N–H and O–H groups in total. The second kappa shape index (κ2) is 14.0. The van der Waals surface area contributed by atoms with E-state index in [4.69, 9.17) is 23.2 Å². The zero-order valence-electron chi connectivity index (χ0n) is 22.3. The first-order valence-electron chi connectivity index (χ1n) is 12.6. The number of carbonyl (C=O) groups is 3. The third kappa shape index (κ3) is 8.92. The van der Waals surface area contributed by atoms with Crippen LogP contribution in [0.15, 0.2) is 96.2 Å². The van der Waals surface area contributed by atoms with Gasteiger partial charge in [0, 0.05) is 35.9 Å². The minimum atomic E-state index is -4.13. The summed E-state index contributed by atoms with van der Waals surface area (Å²) in [5.41, 5.74) is 1.73. The highest BCUT2D eigenvalue weighted by atomic mass is 35.5. The summed E-state index contributed by atoms with van der Waals surface area (Å²) in [6.07, 6.45) is 2.73. The van der Waals surface area contributed by atoms with Crippen LogP contribution in [0.1, 0.15) is 33.9 Å². The monoisotopic (exact) mass is 641 g/mol. The summed E-state index contributed by atoms with van der Waals surface area (Å²) in [4.78, 5) is 40.5. The standard InChI is InChI=1S/C29H25Cl2N5O6S/c30-24-8-7-20(14-25(24)31)28(39)35-26(16-27(37)38)19-3-1-5-22(13-19)36-43(41,42)23-6-2-4-21(15-23)34-29(40)33-17-18-9-11-32-12-10-18/h1-15,26,36H,16-17H2,(H,35,39)(H,37,38)(H2,33,34,40). The Kier molecular flexibility index (Phi) is 10.2. The topological polar surface area (TPSA) is 167 Å². The molecule has 0 radical (unpaired) electrons. The van der Waals surface area contributed by atoms with Gasteiger partial charge in [-0.05, 0) is 71.8 Å². The number of nitrogens with zero attached hydrogens (tertiary/aromatic N) is 1. The average molecular weight is 643 g/mol. The van der Waals surface area contributed by atoms with Gasteiger partial charge in [0.1, 0.15) is 0 Å². The van der Waals surface area contributed by atoms with Gasteiger partial charge in [0.25, 0.3) is 15.9 Å². The molecule has 3 amide bonds. The fourth-order valence-electron chi connectivity index (χ4n) is 3.94. The first kappa shape index (κ1) is 31.3. The molecule has 0 aliphatic heterocycles. The number of nitrogens with one attached hydrogen (secondary N) is 4. The summed E-state index contributed by atoms with van der Waals surface area (Å²) in [5, 5.41) is 17.8. The summed E-state index contributed by atoms with van der Waals surface area (Å²) in [6.45, 7) is 0.251. The first-order chi connectivity index (χ1) is 20.5. The van der Waals surface area contributed by atoms with E-state index >= 15 is 0 Å². The van der Waals surface area contributed by atoms with E-state index in [0.717, 1.165) is 5.56 Å². The maximum atomic E-state index is 13.2. The van der Waals surface area contributed by atoms with Crippen molar-refractivity contribution in [2.75, 3.05) is 10.0 Å². The number of aliphatic carboxylic acids is 1. The van der Waals surface area contributed by atoms with Gasteiger partial charge < -0.3 is 21.1 Å². The molecule has 3 aromatic carbocycles. The van der Waals surface area contributed by atoms with E-state index in [9.17, 15) is 27.9 Å². The minimum Gasteiger partial charge on any atom is -0.481 e. The lowest BCUT2D eigenvalue weighted by atomic mass is 10.0. The Hall–Kier alpha value is -4.65. The van der Waals surface area contributed by atoms with E-state index in [0.29, 0.717) is 5.56 Å². The second-order valence-electron chi connectivity index (χ2n) is 9.17. The van der Waals surface area contributed by atoms with Gasteiger partial charge in [-0.3, -0.25) is 19.3 Å². The summed E-state index contributed by atoms with van der Waals surface area (Å²) in [7, 11) is -4.13. The van der Waals surface area contributed by atoms with Crippen LogP contribution in [0, 0.1) is 0 Å². The predicted octanol–water partition coefficient (Wildman–Crippen LogP) is 5.46. The Balaban J connectivity index is 1.47. The van der Waals surface area contributed by atoms with E-state index in [2.05, 4.69) is 25.7 Å². The molecule has 11 nitrogen and oxygen atoms in total. The number of urea groups is 1. The molecule has 4 rings (SSSR count). The number of sulfonamides is 1. The molecule has 1 heterocycles. The van der Waals surface area contributed by atoms with Gasteiger partial charge in [-0.1, -0.05) is 41.4 Å². The third-order valence-electron chi connectivity index (χ3n) is 6.01. The number of carboxylic acids is 1. The lowest BCUT2D eigenvalue weighted by Crippen LogP contribution is -2.30. The highest BCUT2D eigenvalue weighted by Crippen LogP contribution is 2.26. The first-order valence-corrected chi connectivity index (χ1v) is 14.9. The van der Waals surface area contributed by atoms with Gasteiger partial charge in [-0.25, -0.2) is 13.2 Å². The normalized spacial score (nSPS) is 11.7. The van der Waals surface area contributed by atoms with Crippen LogP contribution in [0.5, 0.6) is 0 Å². The molecule has 0 bridgehead atoms. The molecule has 0 saturated carbocycles. The number of benzene rings is 3. The molecule has 1 unspecified atom stereocenters. The van der Waals surface area contributed by atoms with Crippen LogP contribution >= 0.6 is 23.2 Å². The van der Waals surface area contributed by atoms with Gasteiger partial charge in [-0.2, -0.15) is 0 Å². The largest absolute Gasteiger partial charge is 0.481 e. The van der Waals surface area contributed by atoms with Crippen molar-refractivity contribution in [1.29, 1.82) is 0 Å². The van der Waals surface area contributed by atoms with E-state index < -0.39 is 40.4 Å². The van der Waals surface area contributed by atoms with Crippen LogP contribution in [0.25, 0.3) is 0 Å². The number of hydrogen-bond donors (Lipinski definition) is 5. The van der Waals surface area contributed by atoms with Crippen molar-refractivity contribution in [3.63, 3.8) is 0 Å². The van der Waals surface area contributed by atoms with Gasteiger partial charge >= 0.3 is 12.0 Å². The number of aromatic nitrogens is 1. The van der Waals surface area contributed by atoms with Crippen LogP contribution < -0.4 is 20.7 Å². The molecule has 0 fully saturated rings. The molecule has 0 spiro atoms. The van der Waals surface area contributed by atoms with Crippen LogP contribution in [0.4, 0.5) is 16.2 Å². The quantitative estimate of drug-likeness (QED) is 0.145. The molecular formula is C29H25Cl2N5O6S. The third-order valence-corrected chi connectivity index (χ3v) is 8.13. The predicted molar refractivity (Wildman–Crippen MR) is 163 cm³/mol. The maximum absolute atomic E-state index is 13.2. The van der Waals surface area contributed by atoms with Gasteiger partial charge in [0.2, 0.25) is 0 Å². The Bertz CT molecular complexity index is 1760. The van der Waals surface area contributed by atoms with Gasteiger partial charge in [0.15, 0.2) is 0 Å². The summed E-state index contributed by atoms with van der Waals surface area (Å²) in [5.74, 6) is -1.77. The van der Waals surface area contributed by atoms with Gasteiger partial charge in [-0.15, -0.1) is 0 Å². The molecule has 1 atom stereocenters. The average Bonchev–Trinajstić information content (AvgIpc) is 2.97. The molecule has 14 heteroatoms. The molecule has 222 valence electrons. The van der Waals surface area contributed by atoms with Crippen molar-refractivity contribution in [2.45, 2.75) is 23.9 Å². The lowest BCUT2D eigenvalue weighted by Gasteiger charge is -2.19. The molecule has 43 heavy (non-hydrogen) atoms. The summed E-state index contributed by atoms with van der Waals surface area (Å²) < 4.78 is 28.9. The minimum absolute atomic E-state index is 0.125. The van der Waals surface area contributed by atoms with Gasteiger partial charge in [0.05, 0.1) is 27.4 Å². The van der Waals surface area contributed by atoms with Crippen molar-refractivity contribution in [3.05, 3.63) is 118 Å². The van der Waals surface area contributed by atoms with Crippen molar-refractivity contribution in [2.24, 2.45) is 0 Å². The Morgan fingerprint density at radius 3 is 2.30 bits per heavy atom. The van der Waals surface area contributed by atoms with Crippen molar-refractivity contribution >= 4 is 62.5 Å². The lowest BCUT2D eigenvalue weighted by molar-refractivity contribution is -0.137. The number of hydrogen-bond acceptors (Lipinski definition) is 6. The molecule has 4 aromatic rings. The van der Waals surface area contributed by atoms with Crippen LogP contribution in [0.3, 0.4) is 0 Å². The number of anilines is 2.